The van der Waals surface area contributed by atoms with Gasteiger partial charge in [-0.1, -0.05) is 24.3 Å². The number of nitro benzene ring substituents is 1. The van der Waals surface area contributed by atoms with Crippen LogP contribution in [0.15, 0.2) is 63.3 Å². The van der Waals surface area contributed by atoms with Crippen molar-refractivity contribution < 1.29 is 28.8 Å². The van der Waals surface area contributed by atoms with E-state index in [2.05, 4.69) is 15.9 Å². The Morgan fingerprint density at radius 2 is 1.97 bits per heavy atom. The molecule has 1 fully saturated rings. The van der Waals surface area contributed by atoms with E-state index in [0.29, 0.717) is 14.9 Å². The Kier molecular flexibility index (Phi) is 7.34. The average Bonchev–Trinajstić information content (AvgIpc) is 3.46. The predicted molar refractivity (Wildman–Crippen MR) is 135 cm³/mol. The summed E-state index contributed by atoms with van der Waals surface area (Å²) in [4.78, 5) is 50.0. The van der Waals surface area contributed by atoms with Crippen LogP contribution in [0, 0.1) is 10.1 Å². The van der Waals surface area contributed by atoms with Crippen LogP contribution >= 0.6 is 39.0 Å². The Labute approximate surface area is 215 Å². The molecule has 0 radical (unpaired) electrons. The minimum Gasteiger partial charge on any atom is -0.493 e. The number of carbonyl (C=O) groups excluding carboxylic acids is 3. The van der Waals surface area contributed by atoms with E-state index in [-0.39, 0.29) is 34.2 Å². The maximum absolute atomic E-state index is 12.9. The summed E-state index contributed by atoms with van der Waals surface area (Å²) < 4.78 is 11.3. The SMILES string of the molecule is COc1cc(/C=C2\SC(=O)N(Cc3ccccc3[N+](=O)[O-])C2=O)cc(Br)c1OC(=O)c1cccs1. The number of thioether (sulfide) groups is 1. The number of carbonyl (C=O) groups is 3. The highest BCUT2D eigenvalue weighted by Crippen LogP contribution is 2.40. The van der Waals surface area contributed by atoms with Gasteiger partial charge in [0.2, 0.25) is 0 Å². The van der Waals surface area contributed by atoms with Crippen molar-refractivity contribution in [2.75, 3.05) is 7.11 Å². The first-order chi connectivity index (χ1) is 16.8. The molecule has 0 saturated carbocycles. The molecule has 0 atom stereocenters. The molecule has 9 nitrogen and oxygen atoms in total. The topological polar surface area (TPSA) is 116 Å². The molecule has 0 unspecified atom stereocenters. The van der Waals surface area contributed by atoms with Crippen molar-refractivity contribution in [1.29, 1.82) is 0 Å². The Morgan fingerprint density at radius 3 is 2.66 bits per heavy atom. The van der Waals surface area contributed by atoms with Crippen LogP contribution in [0.1, 0.15) is 20.8 Å². The molecule has 0 bridgehead atoms. The van der Waals surface area contributed by atoms with E-state index >= 15 is 0 Å². The van der Waals surface area contributed by atoms with Gasteiger partial charge in [0.25, 0.3) is 16.8 Å². The van der Waals surface area contributed by atoms with E-state index in [4.69, 9.17) is 9.47 Å². The standard InChI is InChI=1S/C23H15BrN2O7S2/c1-32-17-10-13(9-15(24)20(17)33-22(28)18-7-4-8-34-18)11-19-21(27)25(23(29)35-19)12-14-5-2-3-6-16(14)26(30)31/h2-11H,12H2,1H3/b19-11-. The molecule has 2 aromatic carbocycles. The van der Waals surface area contributed by atoms with Crippen LogP contribution in [0.5, 0.6) is 11.5 Å². The normalized spacial score (nSPS) is 14.5. The van der Waals surface area contributed by atoms with Crippen molar-refractivity contribution in [2.24, 2.45) is 0 Å². The van der Waals surface area contributed by atoms with E-state index in [1.807, 2.05) is 0 Å². The summed E-state index contributed by atoms with van der Waals surface area (Å²) in [7, 11) is 1.41. The van der Waals surface area contributed by atoms with Crippen LogP contribution in [-0.2, 0) is 11.3 Å². The zero-order valence-electron chi connectivity index (χ0n) is 17.9. The summed E-state index contributed by atoms with van der Waals surface area (Å²) in [5.41, 5.74) is 0.597. The van der Waals surface area contributed by atoms with Crippen LogP contribution in [0.2, 0.25) is 0 Å². The first-order valence-corrected chi connectivity index (χ1v) is 12.4. The number of nitro groups is 1. The average molecular weight is 575 g/mol. The number of benzene rings is 2. The van der Waals surface area contributed by atoms with Gasteiger partial charge in [-0.15, -0.1) is 11.3 Å². The highest BCUT2D eigenvalue weighted by Gasteiger charge is 2.36. The van der Waals surface area contributed by atoms with Gasteiger partial charge in [-0.3, -0.25) is 24.6 Å². The molecule has 1 saturated heterocycles. The van der Waals surface area contributed by atoms with Gasteiger partial charge in [-0.2, -0.15) is 0 Å². The lowest BCUT2D eigenvalue weighted by molar-refractivity contribution is -0.385. The minimum absolute atomic E-state index is 0.144. The molecule has 2 heterocycles. The Morgan fingerprint density at radius 1 is 1.20 bits per heavy atom. The van der Waals surface area contributed by atoms with E-state index in [1.54, 1.807) is 35.7 Å². The molecule has 0 aliphatic carbocycles. The van der Waals surface area contributed by atoms with Gasteiger partial charge >= 0.3 is 5.97 Å². The lowest BCUT2D eigenvalue weighted by Gasteiger charge is -2.13. The lowest BCUT2D eigenvalue weighted by Crippen LogP contribution is -2.27. The maximum Gasteiger partial charge on any atom is 0.353 e. The van der Waals surface area contributed by atoms with Gasteiger partial charge in [0.15, 0.2) is 11.5 Å². The zero-order chi connectivity index (χ0) is 25.1. The summed E-state index contributed by atoms with van der Waals surface area (Å²) in [6.45, 7) is -0.218. The van der Waals surface area contributed by atoms with Gasteiger partial charge in [0.1, 0.15) is 4.88 Å². The van der Waals surface area contributed by atoms with Crippen molar-refractivity contribution in [3.8, 4) is 11.5 Å². The van der Waals surface area contributed by atoms with E-state index in [1.165, 1.54) is 42.7 Å². The summed E-state index contributed by atoms with van der Waals surface area (Å²) in [6.07, 6.45) is 1.50. The molecule has 1 aliphatic rings. The molecule has 35 heavy (non-hydrogen) atoms. The van der Waals surface area contributed by atoms with Crippen LogP contribution in [0.4, 0.5) is 10.5 Å². The second-order valence-corrected chi connectivity index (χ2v) is 9.85. The predicted octanol–water partition coefficient (Wildman–Crippen LogP) is 5.88. The van der Waals surface area contributed by atoms with Crippen LogP contribution < -0.4 is 9.47 Å². The van der Waals surface area contributed by atoms with Gasteiger partial charge in [-0.05, 0) is 62.9 Å². The second kappa shape index (κ2) is 10.4. The summed E-state index contributed by atoms with van der Waals surface area (Å²) >= 11 is 5.34. The number of para-hydroxylation sites is 1. The van der Waals surface area contributed by atoms with Crippen molar-refractivity contribution in [1.82, 2.24) is 4.90 Å². The van der Waals surface area contributed by atoms with Crippen molar-refractivity contribution in [2.45, 2.75) is 6.54 Å². The van der Waals surface area contributed by atoms with Crippen molar-refractivity contribution in [3.05, 3.63) is 89.4 Å². The second-order valence-electron chi connectivity index (χ2n) is 7.05. The van der Waals surface area contributed by atoms with Gasteiger partial charge < -0.3 is 9.47 Å². The number of methoxy groups -OCH3 is 1. The Hall–Kier alpha value is -3.48. The summed E-state index contributed by atoms with van der Waals surface area (Å²) in [5, 5.41) is 12.5. The molecule has 3 aromatic rings. The molecule has 178 valence electrons. The van der Waals surface area contributed by atoms with Gasteiger partial charge in [0.05, 0.1) is 28.0 Å². The first-order valence-electron chi connectivity index (χ1n) is 9.89. The number of imide groups is 1. The maximum atomic E-state index is 12.9. The molecule has 12 heteroatoms. The summed E-state index contributed by atoms with van der Waals surface area (Å²) in [6, 6.07) is 12.5. The largest absolute Gasteiger partial charge is 0.493 e. The fraction of sp³-hybridized carbons (Fsp3) is 0.0870. The molecule has 2 amide bonds. The number of thiophene rings is 1. The Bertz CT molecular complexity index is 1370. The molecule has 1 aliphatic heterocycles. The summed E-state index contributed by atoms with van der Waals surface area (Å²) in [5.74, 6) is -0.688. The quantitative estimate of drug-likeness (QED) is 0.113. The third-order valence-corrected chi connectivity index (χ3v) is 7.20. The zero-order valence-corrected chi connectivity index (χ0v) is 21.1. The fourth-order valence-electron chi connectivity index (χ4n) is 3.24. The fourth-order valence-corrected chi connectivity index (χ4v) is 5.22. The number of amides is 2. The van der Waals surface area contributed by atoms with E-state index in [9.17, 15) is 24.5 Å². The molecule has 0 spiro atoms. The van der Waals surface area contributed by atoms with Crippen molar-refractivity contribution >= 4 is 67.9 Å². The number of esters is 1. The molecule has 1 aromatic heterocycles. The third-order valence-electron chi connectivity index (χ3n) is 4.86. The number of rotatable bonds is 7. The molecule has 0 N–H and O–H groups in total. The van der Waals surface area contributed by atoms with Crippen LogP contribution in [-0.4, -0.2) is 34.0 Å². The highest BCUT2D eigenvalue weighted by atomic mass is 79.9. The van der Waals surface area contributed by atoms with E-state index in [0.717, 1.165) is 16.7 Å². The lowest BCUT2D eigenvalue weighted by atomic mass is 10.1. The third kappa shape index (κ3) is 5.29. The molecule has 4 rings (SSSR count). The monoisotopic (exact) mass is 574 g/mol. The smallest absolute Gasteiger partial charge is 0.353 e. The first kappa shape index (κ1) is 24.6. The van der Waals surface area contributed by atoms with Crippen molar-refractivity contribution in [3.63, 3.8) is 0 Å². The molecular formula is C23H15BrN2O7S2. The molecular weight excluding hydrogens is 560 g/mol. The number of hydrogen-bond donors (Lipinski definition) is 0. The highest BCUT2D eigenvalue weighted by molar-refractivity contribution is 9.10. The number of hydrogen-bond acceptors (Lipinski definition) is 9. The van der Waals surface area contributed by atoms with E-state index < -0.39 is 22.0 Å². The van der Waals surface area contributed by atoms with Crippen LogP contribution in [0.3, 0.4) is 0 Å². The number of ether oxygens (including phenoxy) is 2. The number of nitrogens with zero attached hydrogens (tertiary/aromatic N) is 2. The minimum atomic E-state index is -0.568. The van der Waals surface area contributed by atoms with Gasteiger partial charge in [-0.25, -0.2) is 4.79 Å². The van der Waals surface area contributed by atoms with Crippen LogP contribution in [0.25, 0.3) is 6.08 Å². The number of halogens is 1. The Balaban J connectivity index is 1.58. The van der Waals surface area contributed by atoms with Gasteiger partial charge in [0, 0.05) is 11.6 Å².